The summed E-state index contributed by atoms with van der Waals surface area (Å²) < 4.78 is 5.59. The molecule has 2 aromatic carbocycles. The van der Waals surface area contributed by atoms with Crippen molar-refractivity contribution in [3.8, 4) is 11.1 Å². The summed E-state index contributed by atoms with van der Waals surface area (Å²) in [5.41, 5.74) is 5.96. The van der Waals surface area contributed by atoms with Gasteiger partial charge in [-0.25, -0.2) is 0 Å². The van der Waals surface area contributed by atoms with E-state index >= 15 is 0 Å². The van der Waals surface area contributed by atoms with Gasteiger partial charge in [0.15, 0.2) is 5.78 Å². The molecule has 4 aliphatic carbocycles. The molecule has 3 fully saturated rings. The summed E-state index contributed by atoms with van der Waals surface area (Å²) in [6.45, 7) is 6.21. The second-order valence-electron chi connectivity index (χ2n) is 12.4. The number of allylic oxidation sites excluding steroid dienone is 2. The first-order valence-electron chi connectivity index (χ1n) is 14.1. The molecule has 0 aliphatic heterocycles. The quantitative estimate of drug-likeness (QED) is 0.248. The average Bonchev–Trinajstić information content (AvgIpc) is 3.15. The number of ketones is 1. The first-order chi connectivity index (χ1) is 17.8. The molecule has 6 atom stereocenters. The molecule has 0 saturated heterocycles. The number of carbonyl (C=O) groups excluding carboxylic acids is 2. The molecule has 0 N–H and O–H groups in total. The number of fused-ring (bicyclic) bond motifs is 5. The van der Waals surface area contributed by atoms with Gasteiger partial charge in [-0.1, -0.05) is 80.1 Å². The summed E-state index contributed by atoms with van der Waals surface area (Å²) >= 11 is 0. The first kappa shape index (κ1) is 24.4. The normalized spacial score (nSPS) is 35.8. The van der Waals surface area contributed by atoms with Crippen LogP contribution in [0, 0.1) is 28.6 Å². The summed E-state index contributed by atoms with van der Waals surface area (Å²) in [6, 6.07) is 19.0. The summed E-state index contributed by atoms with van der Waals surface area (Å²) in [5.74, 6) is 1.78. The van der Waals surface area contributed by atoms with E-state index in [2.05, 4.69) is 74.5 Å². The molecule has 3 saturated carbocycles. The maximum absolute atomic E-state index is 13.8. The van der Waals surface area contributed by atoms with Crippen LogP contribution in [0.15, 0.2) is 71.8 Å². The molecule has 6 rings (SSSR count). The lowest BCUT2D eigenvalue weighted by Crippen LogP contribution is -2.50. The van der Waals surface area contributed by atoms with Crippen molar-refractivity contribution in [3.05, 3.63) is 77.4 Å². The Labute approximate surface area is 221 Å². The lowest BCUT2D eigenvalue weighted by molar-refractivity contribution is -0.148. The van der Waals surface area contributed by atoms with Crippen LogP contribution in [-0.4, -0.2) is 17.9 Å². The van der Waals surface area contributed by atoms with Crippen molar-refractivity contribution in [2.75, 3.05) is 0 Å². The molecule has 3 nitrogen and oxygen atoms in total. The Hall–Kier alpha value is -2.94. The van der Waals surface area contributed by atoms with Crippen LogP contribution in [-0.2, 0) is 14.3 Å². The van der Waals surface area contributed by atoms with Gasteiger partial charge in [0, 0.05) is 18.8 Å². The third-order valence-electron chi connectivity index (χ3n) is 10.4. The molecule has 0 heterocycles. The molecule has 0 bridgehead atoms. The molecule has 2 aromatic rings. The van der Waals surface area contributed by atoms with E-state index in [1.165, 1.54) is 23.6 Å². The molecular formula is C34H38O3. The van der Waals surface area contributed by atoms with Gasteiger partial charge in [-0.3, -0.25) is 9.59 Å². The predicted octanol–water partition coefficient (Wildman–Crippen LogP) is 7.81. The number of hydrogen-bond acceptors (Lipinski definition) is 3. The Balaban J connectivity index is 1.24. The van der Waals surface area contributed by atoms with E-state index in [1.807, 2.05) is 6.07 Å². The Kier molecular flexibility index (Phi) is 6.01. The van der Waals surface area contributed by atoms with E-state index < -0.39 is 0 Å². The van der Waals surface area contributed by atoms with Crippen LogP contribution in [0.5, 0.6) is 0 Å². The number of esters is 1. The van der Waals surface area contributed by atoms with Crippen molar-refractivity contribution in [1.82, 2.24) is 0 Å². The van der Waals surface area contributed by atoms with Crippen LogP contribution < -0.4 is 0 Å². The van der Waals surface area contributed by atoms with E-state index in [1.54, 1.807) is 0 Å². The number of ether oxygens (including phenoxy) is 1. The molecule has 0 aromatic heterocycles. The van der Waals surface area contributed by atoms with Gasteiger partial charge in [-0.2, -0.15) is 0 Å². The van der Waals surface area contributed by atoms with Gasteiger partial charge in [-0.05, 0) is 90.0 Å². The van der Waals surface area contributed by atoms with Crippen molar-refractivity contribution >= 4 is 17.8 Å². The Morgan fingerprint density at radius 2 is 1.59 bits per heavy atom. The minimum absolute atomic E-state index is 0.0260. The predicted molar refractivity (Wildman–Crippen MR) is 148 cm³/mol. The monoisotopic (exact) mass is 494 g/mol. The van der Waals surface area contributed by atoms with E-state index in [0.717, 1.165) is 56.1 Å². The van der Waals surface area contributed by atoms with E-state index in [-0.39, 0.29) is 22.9 Å². The van der Waals surface area contributed by atoms with Crippen molar-refractivity contribution in [2.24, 2.45) is 28.6 Å². The van der Waals surface area contributed by atoms with E-state index in [4.69, 9.17) is 4.74 Å². The molecule has 192 valence electrons. The highest BCUT2D eigenvalue weighted by atomic mass is 16.5. The highest BCUT2D eigenvalue weighted by Gasteiger charge is 2.60. The molecular weight excluding hydrogens is 456 g/mol. The van der Waals surface area contributed by atoms with Crippen LogP contribution in [0.2, 0.25) is 0 Å². The number of carbonyl (C=O) groups is 2. The van der Waals surface area contributed by atoms with E-state index in [0.29, 0.717) is 23.5 Å². The van der Waals surface area contributed by atoms with E-state index in [9.17, 15) is 9.59 Å². The van der Waals surface area contributed by atoms with Crippen molar-refractivity contribution < 1.29 is 14.3 Å². The first-order valence-corrected chi connectivity index (χ1v) is 14.1. The van der Waals surface area contributed by atoms with Crippen molar-refractivity contribution in [2.45, 2.75) is 71.8 Å². The standard InChI is InChI=1S/C34H38O3/c1-22(35)37-28-15-17-33(2)27(21-28)13-14-29-30(33)16-18-34(3)31(29)20-26(32(34)36)19-23-9-11-25(12-10-23)24-7-5-4-6-8-24/h4-13,19,28-31H,14-18,20-21H2,1-3H3/t28-,29+,30-,31-,33-,34-/m0/s1. The number of benzene rings is 2. The molecule has 0 unspecified atom stereocenters. The SMILES string of the molecule is CC(=O)O[C@H]1CC[C@@]2(C)C(=CC[C@@H]3[C@@H]2CC[C@]2(C)C(=O)C(=Cc4ccc(-c5ccccc5)cc4)C[C@@H]32)C1. The number of rotatable bonds is 3. The second kappa shape index (κ2) is 9.11. The maximum Gasteiger partial charge on any atom is 0.302 e. The van der Waals surface area contributed by atoms with Gasteiger partial charge in [0.1, 0.15) is 6.10 Å². The summed E-state index contributed by atoms with van der Waals surface area (Å²) in [4.78, 5) is 25.3. The van der Waals surface area contributed by atoms with Gasteiger partial charge in [0.2, 0.25) is 0 Å². The zero-order chi connectivity index (χ0) is 25.8. The van der Waals surface area contributed by atoms with Gasteiger partial charge < -0.3 is 4.74 Å². The summed E-state index contributed by atoms with van der Waals surface area (Å²) in [5, 5.41) is 0. The summed E-state index contributed by atoms with van der Waals surface area (Å²) in [7, 11) is 0. The fourth-order valence-corrected chi connectivity index (χ4v) is 8.37. The van der Waals surface area contributed by atoms with Gasteiger partial charge in [0.05, 0.1) is 0 Å². The van der Waals surface area contributed by atoms with Crippen LogP contribution in [0.3, 0.4) is 0 Å². The van der Waals surface area contributed by atoms with Crippen LogP contribution in [0.4, 0.5) is 0 Å². The molecule has 0 amide bonds. The zero-order valence-electron chi connectivity index (χ0n) is 22.3. The Bertz CT molecular complexity index is 1270. The average molecular weight is 495 g/mol. The highest BCUT2D eigenvalue weighted by Crippen LogP contribution is 2.64. The third kappa shape index (κ3) is 4.11. The minimum atomic E-state index is -0.242. The fraction of sp³-hybridized carbons (Fsp3) is 0.471. The molecule has 4 aliphatic rings. The lowest BCUT2D eigenvalue weighted by atomic mass is 9.48. The minimum Gasteiger partial charge on any atom is -0.462 e. The zero-order valence-corrected chi connectivity index (χ0v) is 22.3. The lowest BCUT2D eigenvalue weighted by Gasteiger charge is -2.56. The van der Waals surface area contributed by atoms with Crippen molar-refractivity contribution in [1.29, 1.82) is 0 Å². The highest BCUT2D eigenvalue weighted by molar-refractivity contribution is 6.06. The summed E-state index contributed by atoms with van der Waals surface area (Å²) in [6.07, 6.45) is 11.6. The number of Topliss-reactive ketones (excluding diaryl/α,β-unsaturated/α-hetero) is 1. The Morgan fingerprint density at radius 1 is 0.892 bits per heavy atom. The van der Waals surface area contributed by atoms with Gasteiger partial charge >= 0.3 is 5.97 Å². The molecule has 37 heavy (non-hydrogen) atoms. The van der Waals surface area contributed by atoms with Crippen molar-refractivity contribution in [3.63, 3.8) is 0 Å². The third-order valence-corrected chi connectivity index (χ3v) is 10.4. The fourth-order valence-electron chi connectivity index (χ4n) is 8.37. The Morgan fingerprint density at radius 3 is 2.32 bits per heavy atom. The second-order valence-corrected chi connectivity index (χ2v) is 12.4. The largest absolute Gasteiger partial charge is 0.462 e. The van der Waals surface area contributed by atoms with Gasteiger partial charge in [-0.15, -0.1) is 0 Å². The van der Waals surface area contributed by atoms with Crippen LogP contribution in [0.1, 0.15) is 71.3 Å². The number of hydrogen-bond donors (Lipinski definition) is 0. The smallest absolute Gasteiger partial charge is 0.302 e. The molecule has 3 heteroatoms. The molecule has 0 spiro atoms. The van der Waals surface area contributed by atoms with Crippen LogP contribution >= 0.6 is 0 Å². The molecule has 0 radical (unpaired) electrons. The topological polar surface area (TPSA) is 43.4 Å². The maximum atomic E-state index is 13.8. The van der Waals surface area contributed by atoms with Gasteiger partial charge in [0.25, 0.3) is 0 Å². The van der Waals surface area contributed by atoms with Crippen LogP contribution in [0.25, 0.3) is 17.2 Å².